The zero-order valence-electron chi connectivity index (χ0n) is 15.2. The van der Waals surface area contributed by atoms with E-state index < -0.39 is 17.4 Å². The Bertz CT molecular complexity index is 661. The molecular formula is C17H27FN3O4S+. The molecule has 2 fully saturated rings. The van der Waals surface area contributed by atoms with Gasteiger partial charge >= 0.3 is 0 Å². The third kappa shape index (κ3) is 4.64. The van der Waals surface area contributed by atoms with E-state index in [4.69, 9.17) is 8.92 Å². The number of nitrogens with one attached hydrogen (secondary N) is 2. The highest BCUT2D eigenvalue weighted by Crippen LogP contribution is 2.50. The second-order valence-corrected chi connectivity index (χ2v) is 9.61. The number of carbonyl (C=O) groups is 1. The lowest BCUT2D eigenvalue weighted by atomic mass is 10.2. The Hall–Kier alpha value is -1.42. The minimum atomic E-state index is -2.06. The summed E-state index contributed by atoms with van der Waals surface area (Å²) in [5.41, 5.74) is 0.831. The molecule has 2 aliphatic rings. The lowest BCUT2D eigenvalue weighted by molar-refractivity contribution is -0.825. The molecule has 1 amide bonds. The molecule has 1 aliphatic heterocycles. The summed E-state index contributed by atoms with van der Waals surface area (Å²) in [5, 5.41) is 2.89. The van der Waals surface area contributed by atoms with Gasteiger partial charge in [0.1, 0.15) is 5.69 Å². The summed E-state index contributed by atoms with van der Waals surface area (Å²) in [6.45, 7) is -0.0506. The van der Waals surface area contributed by atoms with Crippen LogP contribution < -0.4 is 15.0 Å². The molecule has 0 spiro atoms. The summed E-state index contributed by atoms with van der Waals surface area (Å²) in [6.07, 6.45) is 2.94. The van der Waals surface area contributed by atoms with Crippen LogP contribution in [0.2, 0.25) is 0 Å². The Morgan fingerprint density at radius 3 is 2.85 bits per heavy atom. The second kappa shape index (κ2) is 8.08. The molecule has 3 rings (SSSR count). The van der Waals surface area contributed by atoms with E-state index in [2.05, 4.69) is 10.3 Å². The van der Waals surface area contributed by atoms with Crippen molar-refractivity contribution in [1.29, 1.82) is 0 Å². The van der Waals surface area contributed by atoms with E-state index in [1.165, 1.54) is 7.11 Å². The largest absolute Gasteiger partial charge is 0.473 e. The fourth-order valence-electron chi connectivity index (χ4n) is 2.89. The van der Waals surface area contributed by atoms with Crippen LogP contribution in [0, 0.1) is 5.92 Å². The maximum atomic E-state index is 13.1. The van der Waals surface area contributed by atoms with Gasteiger partial charge in [0.25, 0.3) is 11.8 Å². The van der Waals surface area contributed by atoms with Crippen molar-refractivity contribution in [2.24, 2.45) is 5.92 Å². The molecule has 0 radical (unpaired) electrons. The molecule has 1 aliphatic carbocycles. The number of ether oxygens (including phenoxy) is 1. The third-order valence-electron chi connectivity index (χ3n) is 4.80. The van der Waals surface area contributed by atoms with Crippen LogP contribution in [0.1, 0.15) is 29.8 Å². The average molecular weight is 388 g/mol. The van der Waals surface area contributed by atoms with Crippen molar-refractivity contribution >= 4 is 22.2 Å². The van der Waals surface area contributed by atoms with Crippen LogP contribution in [0.25, 0.3) is 0 Å². The summed E-state index contributed by atoms with van der Waals surface area (Å²) in [5.74, 6) is 1.50. The first-order valence-electron chi connectivity index (χ1n) is 8.84. The van der Waals surface area contributed by atoms with Crippen LogP contribution in [-0.4, -0.2) is 60.6 Å². The highest BCUT2D eigenvalue weighted by atomic mass is 32.3. The number of amides is 1. The Morgan fingerprint density at radius 1 is 1.46 bits per heavy atom. The molecule has 2 heterocycles. The lowest BCUT2D eigenvalue weighted by Crippen LogP contribution is -3.03. The summed E-state index contributed by atoms with van der Waals surface area (Å²) >= 11 is 0. The number of nitrogens with zero attached hydrogens (tertiary/aromatic N) is 1. The van der Waals surface area contributed by atoms with E-state index in [1.54, 1.807) is 19.2 Å². The SMILES string of the molecule is COS1(O)CCC(NC(=O)c2ccc([NH+](C)CF)c(OCC3CC3)n2)C1. The van der Waals surface area contributed by atoms with Gasteiger partial charge in [-0.2, -0.15) is 15.0 Å². The second-order valence-electron chi connectivity index (χ2n) is 6.99. The predicted octanol–water partition coefficient (Wildman–Crippen LogP) is 1.28. The van der Waals surface area contributed by atoms with E-state index in [9.17, 15) is 13.7 Å². The number of hydrogen-bond donors (Lipinski definition) is 3. The maximum Gasteiger partial charge on any atom is 0.277 e. The van der Waals surface area contributed by atoms with Crippen LogP contribution >= 0.6 is 10.6 Å². The van der Waals surface area contributed by atoms with Crippen molar-refractivity contribution in [3.8, 4) is 5.88 Å². The van der Waals surface area contributed by atoms with Gasteiger partial charge in [0.2, 0.25) is 6.80 Å². The van der Waals surface area contributed by atoms with E-state index >= 15 is 0 Å². The van der Waals surface area contributed by atoms with Crippen LogP contribution in [0.5, 0.6) is 5.88 Å². The van der Waals surface area contributed by atoms with E-state index in [-0.39, 0.29) is 17.6 Å². The van der Waals surface area contributed by atoms with Crippen LogP contribution in [0.3, 0.4) is 0 Å². The number of pyridine rings is 1. The number of quaternary nitrogens is 1. The van der Waals surface area contributed by atoms with Crippen molar-refractivity contribution in [2.45, 2.75) is 25.3 Å². The summed E-state index contributed by atoms with van der Waals surface area (Å²) in [6, 6.07) is 3.13. The zero-order chi connectivity index (χ0) is 18.7. The van der Waals surface area contributed by atoms with Crippen LogP contribution in [0.4, 0.5) is 10.1 Å². The molecule has 3 atom stereocenters. The summed E-state index contributed by atoms with van der Waals surface area (Å²) in [7, 11) is 1.12. The van der Waals surface area contributed by atoms with Gasteiger partial charge in [0.15, 0.2) is 5.69 Å². The Labute approximate surface area is 154 Å². The Balaban J connectivity index is 1.70. The van der Waals surface area contributed by atoms with Crippen molar-refractivity contribution in [3.63, 3.8) is 0 Å². The topological polar surface area (TPSA) is 85.1 Å². The molecule has 1 aromatic rings. The molecule has 1 saturated heterocycles. The van der Waals surface area contributed by atoms with Gasteiger partial charge in [-0.1, -0.05) is 0 Å². The first-order chi connectivity index (χ1) is 12.4. The number of halogens is 1. The molecule has 3 unspecified atom stereocenters. The maximum absolute atomic E-state index is 13.1. The van der Waals surface area contributed by atoms with Crippen molar-refractivity contribution < 1.29 is 27.6 Å². The van der Waals surface area contributed by atoms with Crippen molar-refractivity contribution in [3.05, 3.63) is 17.8 Å². The number of aromatic nitrogens is 1. The van der Waals surface area contributed by atoms with Gasteiger partial charge in [0.05, 0.1) is 26.5 Å². The summed E-state index contributed by atoms with van der Waals surface area (Å²) < 4.78 is 34.2. The van der Waals surface area contributed by atoms with Gasteiger partial charge in [-0.25, -0.2) is 4.98 Å². The third-order valence-corrected chi connectivity index (χ3v) is 7.22. The van der Waals surface area contributed by atoms with Crippen LogP contribution in [0.15, 0.2) is 12.1 Å². The first kappa shape index (κ1) is 19.3. The minimum Gasteiger partial charge on any atom is -0.473 e. The van der Waals surface area contributed by atoms with Gasteiger partial charge in [-0.05, 0) is 31.2 Å². The molecule has 3 N–H and O–H groups in total. The van der Waals surface area contributed by atoms with E-state index in [1.807, 2.05) is 0 Å². The van der Waals surface area contributed by atoms with Crippen molar-refractivity contribution in [2.75, 3.05) is 39.1 Å². The van der Waals surface area contributed by atoms with Crippen LogP contribution in [-0.2, 0) is 4.18 Å². The smallest absolute Gasteiger partial charge is 0.277 e. The number of rotatable bonds is 8. The normalized spacial score (nSPS) is 29.0. The summed E-state index contributed by atoms with van der Waals surface area (Å²) in [4.78, 5) is 17.4. The monoisotopic (exact) mass is 388 g/mol. The highest BCUT2D eigenvalue weighted by Gasteiger charge is 2.32. The molecule has 26 heavy (non-hydrogen) atoms. The number of hydrogen-bond acceptors (Lipinski definition) is 5. The van der Waals surface area contributed by atoms with E-state index in [0.29, 0.717) is 46.9 Å². The van der Waals surface area contributed by atoms with Gasteiger partial charge < -0.3 is 10.1 Å². The molecular weight excluding hydrogens is 361 g/mol. The highest BCUT2D eigenvalue weighted by molar-refractivity contribution is 8.25. The standard InChI is InChI=1S/C17H26FN3O4S/c1-21(11-18)15-6-5-14(20-17(15)25-9-12-3-4-12)16(22)19-13-7-8-26(23,10-13)24-2/h5-6,12-13,23H,3-4,7-11H2,1-2H3,(H,19,22)/p+1. The molecule has 1 aromatic heterocycles. The fourth-order valence-corrected chi connectivity index (χ4v) is 4.89. The number of alkyl halides is 1. The van der Waals surface area contributed by atoms with Gasteiger partial charge in [-0.3, -0.25) is 18.4 Å². The molecule has 1 saturated carbocycles. The minimum absolute atomic E-state index is 0.140. The Kier molecular flexibility index (Phi) is 6.01. The molecule has 0 aromatic carbocycles. The molecule has 9 heteroatoms. The fraction of sp³-hybridized carbons (Fsp3) is 0.647. The van der Waals surface area contributed by atoms with Gasteiger partial charge in [0, 0.05) is 17.9 Å². The molecule has 7 nitrogen and oxygen atoms in total. The van der Waals surface area contributed by atoms with Crippen molar-refractivity contribution in [1.82, 2.24) is 10.3 Å². The predicted molar refractivity (Wildman–Crippen MR) is 97.8 cm³/mol. The van der Waals surface area contributed by atoms with Gasteiger partial charge in [-0.15, -0.1) is 0 Å². The average Bonchev–Trinajstić information content (AvgIpc) is 3.41. The number of carbonyl (C=O) groups excluding carboxylic acids is 1. The lowest BCUT2D eigenvalue weighted by Gasteiger charge is -2.31. The Morgan fingerprint density at radius 2 is 2.23 bits per heavy atom. The quantitative estimate of drug-likeness (QED) is 0.585. The molecule has 146 valence electrons. The van der Waals surface area contributed by atoms with E-state index in [0.717, 1.165) is 12.8 Å². The zero-order valence-corrected chi connectivity index (χ0v) is 16.0. The molecule has 0 bridgehead atoms. The first-order valence-corrected chi connectivity index (χ1v) is 10.7.